The normalized spacial score (nSPS) is 26.6. The van der Waals surface area contributed by atoms with Crippen molar-refractivity contribution in [2.24, 2.45) is 5.41 Å². The molecule has 0 bridgehead atoms. The molecular weight excluding hydrogens is 330 g/mol. The van der Waals surface area contributed by atoms with Gasteiger partial charge in [-0.15, -0.1) is 0 Å². The second kappa shape index (κ2) is 7.48. The van der Waals surface area contributed by atoms with E-state index < -0.39 is 0 Å². The van der Waals surface area contributed by atoms with E-state index in [9.17, 15) is 9.90 Å². The molecule has 3 heterocycles. The average Bonchev–Trinajstić information content (AvgIpc) is 2.56. The van der Waals surface area contributed by atoms with Gasteiger partial charge in [0, 0.05) is 43.0 Å². The smallest absolute Gasteiger partial charge is 0.236 e. The monoisotopic (exact) mass is 361 g/mol. The zero-order valence-electron chi connectivity index (χ0n) is 16.4. The number of aliphatic hydroxyl groups is 1. The van der Waals surface area contributed by atoms with Crippen LogP contribution in [0.4, 0.5) is 5.95 Å². The van der Waals surface area contributed by atoms with Crippen LogP contribution in [0.5, 0.6) is 0 Å². The molecule has 1 aromatic rings. The summed E-state index contributed by atoms with van der Waals surface area (Å²) in [7, 11) is 3.82. The Morgan fingerprint density at radius 3 is 2.62 bits per heavy atom. The van der Waals surface area contributed by atoms with E-state index in [0.717, 1.165) is 43.3 Å². The fourth-order valence-electron chi connectivity index (χ4n) is 4.31. The van der Waals surface area contributed by atoms with Crippen LogP contribution in [0.25, 0.3) is 0 Å². The predicted molar refractivity (Wildman–Crippen MR) is 101 cm³/mol. The third-order valence-corrected chi connectivity index (χ3v) is 5.55. The fraction of sp³-hybridized carbons (Fsp3) is 0.737. The van der Waals surface area contributed by atoms with Crippen LogP contribution in [0.2, 0.25) is 0 Å². The number of aliphatic hydroxyl groups excluding tert-OH is 1. The molecule has 2 saturated heterocycles. The first-order valence-electron chi connectivity index (χ1n) is 9.47. The molecule has 2 fully saturated rings. The summed E-state index contributed by atoms with van der Waals surface area (Å²) in [4.78, 5) is 27.8. The third-order valence-electron chi connectivity index (χ3n) is 5.55. The first-order chi connectivity index (χ1) is 12.3. The second-order valence-corrected chi connectivity index (χ2v) is 8.20. The first kappa shape index (κ1) is 19.0. The number of anilines is 1. The summed E-state index contributed by atoms with van der Waals surface area (Å²) in [6, 6.07) is 1.97. The average molecular weight is 361 g/mol. The number of carbonyl (C=O) groups is 1. The lowest BCUT2D eigenvalue weighted by Crippen LogP contribution is -2.60. The Balaban J connectivity index is 1.79. The zero-order valence-corrected chi connectivity index (χ0v) is 16.4. The molecule has 1 aromatic heterocycles. The lowest BCUT2D eigenvalue weighted by Gasteiger charge is -2.51. The van der Waals surface area contributed by atoms with Crippen molar-refractivity contribution in [3.8, 4) is 0 Å². The summed E-state index contributed by atoms with van der Waals surface area (Å²) in [6.45, 7) is 7.21. The van der Waals surface area contributed by atoms with Crippen LogP contribution in [-0.4, -0.2) is 83.7 Å². The molecule has 7 heteroatoms. The van der Waals surface area contributed by atoms with E-state index in [2.05, 4.69) is 14.9 Å². The SMILES string of the molecule is Cc1cc(C)nc(N2CC[C@@H](O)[C@]3(CCCN(C(=O)CN(C)C)C3)C2)n1. The van der Waals surface area contributed by atoms with E-state index in [1.165, 1.54) is 0 Å². The van der Waals surface area contributed by atoms with E-state index in [0.29, 0.717) is 26.1 Å². The minimum Gasteiger partial charge on any atom is -0.392 e. The summed E-state index contributed by atoms with van der Waals surface area (Å²) in [6.07, 6.45) is 2.16. The molecule has 0 aliphatic carbocycles. The summed E-state index contributed by atoms with van der Waals surface area (Å²) >= 11 is 0. The molecular formula is C19H31N5O2. The maximum absolute atomic E-state index is 12.5. The fourth-order valence-corrected chi connectivity index (χ4v) is 4.31. The highest BCUT2D eigenvalue weighted by atomic mass is 16.3. The van der Waals surface area contributed by atoms with Crippen LogP contribution >= 0.6 is 0 Å². The number of hydrogen-bond donors (Lipinski definition) is 1. The van der Waals surface area contributed by atoms with Gasteiger partial charge in [-0.1, -0.05) is 0 Å². The number of hydrogen-bond acceptors (Lipinski definition) is 6. The van der Waals surface area contributed by atoms with Crippen molar-refractivity contribution in [3.63, 3.8) is 0 Å². The molecule has 0 unspecified atom stereocenters. The zero-order chi connectivity index (χ0) is 18.9. The van der Waals surface area contributed by atoms with Crippen molar-refractivity contribution in [1.29, 1.82) is 0 Å². The van der Waals surface area contributed by atoms with Crippen LogP contribution in [0.1, 0.15) is 30.7 Å². The topological polar surface area (TPSA) is 72.8 Å². The number of amides is 1. The predicted octanol–water partition coefficient (Wildman–Crippen LogP) is 0.835. The van der Waals surface area contributed by atoms with Gasteiger partial charge in [0.25, 0.3) is 0 Å². The highest BCUT2D eigenvalue weighted by Gasteiger charge is 2.46. The highest BCUT2D eigenvalue weighted by Crippen LogP contribution is 2.39. The van der Waals surface area contributed by atoms with Gasteiger partial charge in [-0.05, 0) is 53.3 Å². The number of carbonyl (C=O) groups excluding carboxylic acids is 1. The van der Waals surface area contributed by atoms with Gasteiger partial charge >= 0.3 is 0 Å². The van der Waals surface area contributed by atoms with Gasteiger partial charge in [0.15, 0.2) is 0 Å². The van der Waals surface area contributed by atoms with Gasteiger partial charge in [-0.3, -0.25) is 4.79 Å². The maximum Gasteiger partial charge on any atom is 0.236 e. The molecule has 1 amide bonds. The molecule has 0 radical (unpaired) electrons. The number of aromatic nitrogens is 2. The summed E-state index contributed by atoms with van der Waals surface area (Å²) < 4.78 is 0. The summed E-state index contributed by atoms with van der Waals surface area (Å²) in [5.41, 5.74) is 1.62. The van der Waals surface area contributed by atoms with Crippen molar-refractivity contribution < 1.29 is 9.90 Å². The quantitative estimate of drug-likeness (QED) is 0.860. The summed E-state index contributed by atoms with van der Waals surface area (Å²) in [5.74, 6) is 0.881. The van der Waals surface area contributed by atoms with Crippen molar-refractivity contribution in [3.05, 3.63) is 17.5 Å². The Morgan fingerprint density at radius 2 is 1.96 bits per heavy atom. The molecule has 2 aliphatic rings. The molecule has 0 aromatic carbocycles. The lowest BCUT2D eigenvalue weighted by molar-refractivity contribution is -0.138. The minimum absolute atomic E-state index is 0.140. The Morgan fingerprint density at radius 1 is 1.27 bits per heavy atom. The number of likely N-dealkylation sites (N-methyl/N-ethyl adjacent to an activating group) is 1. The molecule has 144 valence electrons. The van der Waals surface area contributed by atoms with Gasteiger partial charge in [0.05, 0.1) is 12.6 Å². The van der Waals surface area contributed by atoms with Crippen LogP contribution in [0.3, 0.4) is 0 Å². The first-order valence-corrected chi connectivity index (χ1v) is 9.47. The van der Waals surface area contributed by atoms with Gasteiger partial charge in [0.2, 0.25) is 11.9 Å². The molecule has 1 N–H and O–H groups in total. The van der Waals surface area contributed by atoms with E-state index in [-0.39, 0.29) is 17.4 Å². The van der Waals surface area contributed by atoms with Crippen LogP contribution in [0.15, 0.2) is 6.07 Å². The van der Waals surface area contributed by atoms with Crippen molar-refractivity contribution in [2.45, 2.75) is 39.2 Å². The largest absolute Gasteiger partial charge is 0.392 e. The van der Waals surface area contributed by atoms with E-state index in [4.69, 9.17) is 0 Å². The number of piperidine rings is 2. The van der Waals surface area contributed by atoms with Crippen LogP contribution < -0.4 is 4.90 Å². The standard InChI is InChI=1S/C19H31N5O2/c1-14-10-15(2)21-18(20-14)24-9-6-16(25)19(13-24)7-5-8-23(12-19)17(26)11-22(3)4/h10,16,25H,5-9,11-13H2,1-4H3/t16-,19+/m1/s1. The molecule has 26 heavy (non-hydrogen) atoms. The van der Waals surface area contributed by atoms with Gasteiger partial charge < -0.3 is 19.8 Å². The second-order valence-electron chi connectivity index (χ2n) is 8.20. The van der Waals surface area contributed by atoms with Crippen LogP contribution in [0, 0.1) is 19.3 Å². The molecule has 2 aliphatic heterocycles. The lowest BCUT2D eigenvalue weighted by atomic mass is 9.71. The van der Waals surface area contributed by atoms with Crippen molar-refractivity contribution >= 4 is 11.9 Å². The highest BCUT2D eigenvalue weighted by molar-refractivity contribution is 5.78. The van der Waals surface area contributed by atoms with Crippen molar-refractivity contribution in [2.75, 3.05) is 51.7 Å². The number of aryl methyl sites for hydroxylation is 2. The van der Waals surface area contributed by atoms with Gasteiger partial charge in [-0.2, -0.15) is 0 Å². The maximum atomic E-state index is 12.5. The van der Waals surface area contributed by atoms with Gasteiger partial charge in [-0.25, -0.2) is 9.97 Å². The Labute approximate surface area is 156 Å². The number of likely N-dealkylation sites (tertiary alicyclic amines) is 1. The summed E-state index contributed by atoms with van der Waals surface area (Å²) in [5, 5.41) is 10.8. The van der Waals surface area contributed by atoms with E-state index in [1.807, 2.05) is 43.8 Å². The number of rotatable bonds is 3. The molecule has 7 nitrogen and oxygen atoms in total. The molecule has 2 atom stereocenters. The van der Waals surface area contributed by atoms with Crippen LogP contribution in [-0.2, 0) is 4.79 Å². The number of nitrogens with zero attached hydrogens (tertiary/aromatic N) is 5. The molecule has 3 rings (SSSR count). The minimum atomic E-state index is -0.389. The third kappa shape index (κ3) is 3.99. The van der Waals surface area contributed by atoms with E-state index in [1.54, 1.807) is 0 Å². The Hall–Kier alpha value is -1.73. The van der Waals surface area contributed by atoms with Crippen molar-refractivity contribution in [1.82, 2.24) is 19.8 Å². The van der Waals surface area contributed by atoms with Gasteiger partial charge in [0.1, 0.15) is 0 Å². The Bertz CT molecular complexity index is 645. The van der Waals surface area contributed by atoms with E-state index >= 15 is 0 Å². The molecule has 1 spiro atoms. The molecule has 0 saturated carbocycles. The Kier molecular flexibility index (Phi) is 5.48.